The van der Waals surface area contributed by atoms with E-state index in [4.69, 9.17) is 5.73 Å². The van der Waals surface area contributed by atoms with Crippen molar-refractivity contribution >= 4 is 23.2 Å². The van der Waals surface area contributed by atoms with Crippen LogP contribution in [0.4, 0.5) is 11.9 Å². The molecule has 3 heterocycles. The van der Waals surface area contributed by atoms with E-state index >= 15 is 0 Å². The van der Waals surface area contributed by atoms with Crippen LogP contribution < -0.4 is 11.1 Å². The first-order valence-corrected chi connectivity index (χ1v) is 6.67. The van der Waals surface area contributed by atoms with Gasteiger partial charge in [-0.25, -0.2) is 9.97 Å². The second-order valence-electron chi connectivity index (χ2n) is 3.99. The van der Waals surface area contributed by atoms with Gasteiger partial charge in [-0.3, -0.25) is 4.57 Å². The molecule has 0 atom stereocenters. The summed E-state index contributed by atoms with van der Waals surface area (Å²) in [5.74, 6) is 1.01. The molecule has 0 unspecified atom stereocenters. The van der Waals surface area contributed by atoms with Crippen LogP contribution in [0.2, 0.25) is 0 Å². The summed E-state index contributed by atoms with van der Waals surface area (Å²) in [7, 11) is 0. The van der Waals surface area contributed by atoms with Crippen molar-refractivity contribution in [1.29, 1.82) is 0 Å². The van der Waals surface area contributed by atoms with Gasteiger partial charge in [-0.05, 0) is 6.92 Å². The Kier molecular flexibility index (Phi) is 3.25. The summed E-state index contributed by atoms with van der Waals surface area (Å²) in [6.07, 6.45) is 6.82. The quantitative estimate of drug-likeness (QED) is 0.737. The molecular weight excluding hydrogens is 276 g/mol. The van der Waals surface area contributed by atoms with Gasteiger partial charge < -0.3 is 11.1 Å². The maximum absolute atomic E-state index is 5.69. The molecule has 3 aromatic rings. The van der Waals surface area contributed by atoms with Gasteiger partial charge >= 0.3 is 0 Å². The molecule has 3 N–H and O–H groups in total. The maximum atomic E-state index is 5.69. The number of nitrogens with zero attached hydrogens (tertiary/aromatic N) is 6. The van der Waals surface area contributed by atoms with Crippen molar-refractivity contribution < 1.29 is 0 Å². The first-order chi connectivity index (χ1) is 9.70. The number of nitrogens with one attached hydrogen (secondary N) is 1. The van der Waals surface area contributed by atoms with Crippen molar-refractivity contribution in [3.8, 4) is 5.95 Å². The van der Waals surface area contributed by atoms with E-state index in [2.05, 4.69) is 30.2 Å². The van der Waals surface area contributed by atoms with Crippen LogP contribution in [-0.2, 0) is 6.54 Å². The number of nitrogens with two attached hydrogens (primary N) is 1. The molecule has 0 aliphatic rings. The normalized spacial score (nSPS) is 10.7. The van der Waals surface area contributed by atoms with Crippen LogP contribution in [0.25, 0.3) is 5.95 Å². The average Bonchev–Trinajstić information content (AvgIpc) is 3.07. The second kappa shape index (κ2) is 5.21. The highest BCUT2D eigenvalue weighted by molar-refractivity contribution is 7.11. The lowest BCUT2D eigenvalue weighted by atomic mass is 10.5. The summed E-state index contributed by atoms with van der Waals surface area (Å²) in [4.78, 5) is 21.7. The average molecular weight is 288 g/mol. The number of imidazole rings is 1. The molecule has 0 aliphatic heterocycles. The van der Waals surface area contributed by atoms with Gasteiger partial charge in [0.05, 0.1) is 11.6 Å². The largest absolute Gasteiger partial charge is 0.368 e. The molecular formula is C11H12N8S. The molecule has 3 aromatic heterocycles. The number of aryl methyl sites for hydroxylation is 1. The lowest BCUT2D eigenvalue weighted by molar-refractivity contribution is 0.896. The third-order valence-electron chi connectivity index (χ3n) is 2.47. The van der Waals surface area contributed by atoms with Gasteiger partial charge in [-0.1, -0.05) is 0 Å². The zero-order valence-electron chi connectivity index (χ0n) is 10.7. The third-order valence-corrected chi connectivity index (χ3v) is 3.38. The van der Waals surface area contributed by atoms with E-state index in [0.29, 0.717) is 18.4 Å². The Morgan fingerprint density at radius 1 is 1.35 bits per heavy atom. The Morgan fingerprint density at radius 3 is 2.95 bits per heavy atom. The molecule has 0 spiro atoms. The summed E-state index contributed by atoms with van der Waals surface area (Å²) in [5, 5.41) is 4.14. The molecule has 102 valence electrons. The first-order valence-electron chi connectivity index (χ1n) is 5.86. The molecule has 3 rings (SSSR count). The second-order valence-corrected chi connectivity index (χ2v) is 5.31. The van der Waals surface area contributed by atoms with E-state index in [1.165, 1.54) is 0 Å². The van der Waals surface area contributed by atoms with Gasteiger partial charge in [0.2, 0.25) is 17.8 Å². The summed E-state index contributed by atoms with van der Waals surface area (Å²) in [6, 6.07) is 0. The number of hydrogen-bond donors (Lipinski definition) is 2. The fraction of sp³-hybridized carbons (Fsp3) is 0.182. The summed E-state index contributed by atoms with van der Waals surface area (Å²) in [6.45, 7) is 2.56. The predicted octanol–water partition coefficient (Wildman–Crippen LogP) is 1.02. The molecule has 0 aliphatic carbocycles. The fourth-order valence-electron chi connectivity index (χ4n) is 1.61. The topological polar surface area (TPSA) is 107 Å². The molecule has 0 bridgehead atoms. The van der Waals surface area contributed by atoms with Crippen LogP contribution in [0.15, 0.2) is 24.9 Å². The maximum Gasteiger partial charge on any atom is 0.241 e. The minimum Gasteiger partial charge on any atom is -0.368 e. The summed E-state index contributed by atoms with van der Waals surface area (Å²) >= 11 is 1.62. The highest BCUT2D eigenvalue weighted by Crippen LogP contribution is 2.13. The van der Waals surface area contributed by atoms with Gasteiger partial charge in [0.1, 0.15) is 6.33 Å². The van der Waals surface area contributed by atoms with Crippen molar-refractivity contribution in [3.05, 3.63) is 34.8 Å². The molecule has 0 radical (unpaired) electrons. The van der Waals surface area contributed by atoms with Gasteiger partial charge in [-0.15, -0.1) is 11.3 Å². The number of nitrogen functional groups attached to an aromatic ring is 1. The van der Waals surface area contributed by atoms with Crippen LogP contribution >= 0.6 is 11.3 Å². The van der Waals surface area contributed by atoms with E-state index in [0.717, 1.165) is 9.88 Å². The molecule has 9 heteroatoms. The van der Waals surface area contributed by atoms with E-state index in [1.54, 1.807) is 34.6 Å². The van der Waals surface area contributed by atoms with Gasteiger partial charge in [0.15, 0.2) is 0 Å². The van der Waals surface area contributed by atoms with Gasteiger partial charge in [0, 0.05) is 23.5 Å². The number of rotatable bonds is 4. The highest BCUT2D eigenvalue weighted by Gasteiger charge is 2.06. The summed E-state index contributed by atoms with van der Waals surface area (Å²) < 4.78 is 1.67. The zero-order valence-corrected chi connectivity index (χ0v) is 11.5. The SMILES string of the molecule is Cc1ncc(CNc2nc(N)nc(-n3ccnc3)n2)s1. The molecule has 0 aromatic carbocycles. The van der Waals surface area contributed by atoms with Crippen LogP contribution in [0.5, 0.6) is 0 Å². The Hall–Kier alpha value is -2.55. The lowest BCUT2D eigenvalue weighted by Gasteiger charge is -2.06. The molecule has 0 saturated heterocycles. The lowest BCUT2D eigenvalue weighted by Crippen LogP contribution is -2.10. The van der Waals surface area contributed by atoms with Crippen molar-refractivity contribution in [2.45, 2.75) is 13.5 Å². The Balaban J connectivity index is 1.79. The fourth-order valence-corrected chi connectivity index (χ4v) is 2.34. The highest BCUT2D eigenvalue weighted by atomic mass is 32.1. The van der Waals surface area contributed by atoms with Crippen LogP contribution in [0.1, 0.15) is 9.88 Å². The van der Waals surface area contributed by atoms with E-state index in [1.807, 2.05) is 13.1 Å². The van der Waals surface area contributed by atoms with Crippen molar-refractivity contribution in [2.75, 3.05) is 11.1 Å². The Morgan fingerprint density at radius 2 is 2.25 bits per heavy atom. The minimum absolute atomic E-state index is 0.159. The van der Waals surface area contributed by atoms with E-state index < -0.39 is 0 Å². The monoisotopic (exact) mass is 288 g/mol. The van der Waals surface area contributed by atoms with Gasteiger partial charge in [0.25, 0.3) is 0 Å². The molecule has 20 heavy (non-hydrogen) atoms. The third kappa shape index (κ3) is 2.72. The molecule has 0 amide bonds. The Bertz CT molecular complexity index is 705. The Labute approximate surface area is 118 Å². The standard InChI is InChI=1S/C11H12N8S/c1-7-14-4-8(20-7)5-15-10-16-9(12)17-11(18-10)19-3-2-13-6-19/h2-4,6H,5H2,1H3,(H3,12,15,16,17,18). The van der Waals surface area contributed by atoms with Crippen LogP contribution in [-0.4, -0.2) is 29.5 Å². The number of anilines is 2. The van der Waals surface area contributed by atoms with Crippen molar-refractivity contribution in [1.82, 2.24) is 29.5 Å². The van der Waals surface area contributed by atoms with Crippen molar-refractivity contribution in [2.24, 2.45) is 0 Å². The van der Waals surface area contributed by atoms with Crippen LogP contribution in [0.3, 0.4) is 0 Å². The molecule has 8 nitrogen and oxygen atoms in total. The smallest absolute Gasteiger partial charge is 0.241 e. The zero-order chi connectivity index (χ0) is 13.9. The number of thiazole rings is 1. The minimum atomic E-state index is 0.159. The molecule has 0 saturated carbocycles. The van der Waals surface area contributed by atoms with E-state index in [9.17, 15) is 0 Å². The van der Waals surface area contributed by atoms with E-state index in [-0.39, 0.29) is 5.95 Å². The van der Waals surface area contributed by atoms with Crippen LogP contribution in [0, 0.1) is 6.92 Å². The number of hydrogen-bond acceptors (Lipinski definition) is 8. The number of aromatic nitrogens is 6. The summed E-state index contributed by atoms with van der Waals surface area (Å²) in [5.41, 5.74) is 5.69. The molecule has 0 fully saturated rings. The van der Waals surface area contributed by atoms with Crippen molar-refractivity contribution in [3.63, 3.8) is 0 Å². The predicted molar refractivity (Wildman–Crippen MR) is 75.5 cm³/mol. The van der Waals surface area contributed by atoms with Gasteiger partial charge in [-0.2, -0.15) is 15.0 Å². The first kappa shape index (κ1) is 12.5.